The summed E-state index contributed by atoms with van der Waals surface area (Å²) in [6.45, 7) is 2.10. The lowest BCUT2D eigenvalue weighted by Gasteiger charge is -2.09. The number of rotatable bonds is 0. The highest BCUT2D eigenvalue weighted by Gasteiger charge is 2.18. The molecule has 0 bridgehead atoms. The van der Waals surface area contributed by atoms with Crippen LogP contribution in [0.25, 0.3) is 10.9 Å². The Labute approximate surface area is 101 Å². The molecule has 0 aliphatic heterocycles. The van der Waals surface area contributed by atoms with Crippen LogP contribution < -0.4 is 5.73 Å². The zero-order chi connectivity index (χ0) is 10.4. The van der Waals surface area contributed by atoms with Crippen LogP contribution in [0.1, 0.15) is 23.2 Å². The zero-order valence-corrected chi connectivity index (χ0v) is 10.1. The van der Waals surface area contributed by atoms with Gasteiger partial charge in [-0.25, -0.2) is 0 Å². The number of nitrogens with zero attached hydrogens (tertiary/aromatic N) is 1. The van der Waals surface area contributed by atoms with E-state index in [9.17, 15) is 0 Å². The van der Waals surface area contributed by atoms with Gasteiger partial charge in [0.1, 0.15) is 0 Å². The molecule has 2 nitrogen and oxygen atoms in total. The maximum atomic E-state index is 6.23. The Bertz CT molecular complexity index is 549. The lowest BCUT2D eigenvalue weighted by Crippen LogP contribution is -1.99. The third-order valence-corrected chi connectivity index (χ3v) is 3.29. The van der Waals surface area contributed by atoms with Gasteiger partial charge >= 0.3 is 0 Å². The highest BCUT2D eigenvalue weighted by atomic mass is 35.5. The molecule has 3 heteroatoms. The van der Waals surface area contributed by atoms with E-state index in [4.69, 9.17) is 10.7 Å². The van der Waals surface area contributed by atoms with E-state index in [1.54, 1.807) is 0 Å². The number of pyridine rings is 1. The third-order valence-electron chi connectivity index (χ3n) is 3.29. The maximum absolute atomic E-state index is 6.23. The number of aryl methyl sites for hydroxylation is 2. The van der Waals surface area contributed by atoms with Crippen molar-refractivity contribution in [2.45, 2.75) is 26.2 Å². The van der Waals surface area contributed by atoms with E-state index in [0.29, 0.717) is 0 Å². The van der Waals surface area contributed by atoms with Crippen molar-refractivity contribution in [3.63, 3.8) is 0 Å². The predicted octanol–water partition coefficient (Wildman–Crippen LogP) is 3.04. The number of nitrogen functional groups attached to an aromatic ring is 1. The van der Waals surface area contributed by atoms with Crippen LogP contribution >= 0.6 is 12.4 Å². The molecule has 0 fully saturated rings. The molecule has 1 aliphatic rings. The fourth-order valence-electron chi connectivity index (χ4n) is 2.53. The summed E-state index contributed by atoms with van der Waals surface area (Å²) in [5.41, 5.74) is 12.0. The Morgan fingerprint density at radius 1 is 1.25 bits per heavy atom. The van der Waals surface area contributed by atoms with Gasteiger partial charge in [-0.05, 0) is 43.4 Å². The summed E-state index contributed by atoms with van der Waals surface area (Å²) in [6, 6.07) is 6.20. The van der Waals surface area contributed by atoms with Crippen molar-refractivity contribution in [3.05, 3.63) is 35.0 Å². The molecule has 3 rings (SSSR count). The van der Waals surface area contributed by atoms with Gasteiger partial charge in [-0.15, -0.1) is 12.4 Å². The molecular formula is C13H15ClN2. The molecule has 1 heterocycles. The summed E-state index contributed by atoms with van der Waals surface area (Å²) in [5.74, 6) is 0. The van der Waals surface area contributed by atoms with Crippen LogP contribution in [0.5, 0.6) is 0 Å². The quantitative estimate of drug-likeness (QED) is 0.761. The topological polar surface area (TPSA) is 38.9 Å². The average Bonchev–Trinajstić information content (AvgIpc) is 2.66. The summed E-state index contributed by atoms with van der Waals surface area (Å²) in [4.78, 5) is 4.70. The Morgan fingerprint density at radius 3 is 2.88 bits per heavy atom. The molecule has 0 unspecified atom stereocenters. The van der Waals surface area contributed by atoms with E-state index in [2.05, 4.69) is 19.1 Å². The van der Waals surface area contributed by atoms with E-state index in [0.717, 1.165) is 29.4 Å². The molecule has 0 radical (unpaired) electrons. The van der Waals surface area contributed by atoms with E-state index in [1.807, 2.05) is 6.07 Å². The van der Waals surface area contributed by atoms with Gasteiger partial charge in [-0.2, -0.15) is 0 Å². The molecule has 2 N–H and O–H groups in total. The van der Waals surface area contributed by atoms with Crippen LogP contribution in [-0.4, -0.2) is 4.98 Å². The van der Waals surface area contributed by atoms with Crippen LogP contribution in [0.2, 0.25) is 0 Å². The summed E-state index contributed by atoms with van der Waals surface area (Å²) < 4.78 is 0. The minimum absolute atomic E-state index is 0. The monoisotopic (exact) mass is 234 g/mol. The third kappa shape index (κ3) is 1.45. The van der Waals surface area contributed by atoms with Crippen molar-refractivity contribution in [3.8, 4) is 0 Å². The molecule has 84 valence electrons. The number of fused-ring (bicyclic) bond motifs is 2. The van der Waals surface area contributed by atoms with Gasteiger partial charge in [0.05, 0.1) is 5.52 Å². The van der Waals surface area contributed by atoms with Gasteiger partial charge in [0.25, 0.3) is 0 Å². The van der Waals surface area contributed by atoms with Gasteiger partial charge < -0.3 is 5.73 Å². The first-order valence-electron chi connectivity index (χ1n) is 5.44. The largest absolute Gasteiger partial charge is 0.398 e. The van der Waals surface area contributed by atoms with E-state index in [1.165, 1.54) is 23.2 Å². The fourth-order valence-corrected chi connectivity index (χ4v) is 2.53. The lowest BCUT2D eigenvalue weighted by molar-refractivity contribution is 0.901. The Hall–Kier alpha value is -1.28. The summed E-state index contributed by atoms with van der Waals surface area (Å²) in [6.07, 6.45) is 3.38. The van der Waals surface area contributed by atoms with Crippen molar-refractivity contribution in [1.82, 2.24) is 4.98 Å². The predicted molar refractivity (Wildman–Crippen MR) is 70.2 cm³/mol. The summed E-state index contributed by atoms with van der Waals surface area (Å²) >= 11 is 0. The highest BCUT2D eigenvalue weighted by molar-refractivity contribution is 5.95. The molecule has 0 saturated carbocycles. The van der Waals surface area contributed by atoms with Gasteiger partial charge in [-0.1, -0.05) is 12.1 Å². The standard InChI is InChI=1S/C13H14N2.ClH/c1-8-4-2-7-11-12(8)13(14)9-5-3-6-10(9)15-11;/h2,4,7H,3,5-6H2,1H3,(H2,14,15);1H. The van der Waals surface area contributed by atoms with Gasteiger partial charge in [0.2, 0.25) is 0 Å². The average molecular weight is 235 g/mol. The van der Waals surface area contributed by atoms with Crippen molar-refractivity contribution in [1.29, 1.82) is 0 Å². The van der Waals surface area contributed by atoms with E-state index >= 15 is 0 Å². The first-order chi connectivity index (χ1) is 7.27. The number of halogens is 1. The molecule has 0 amide bonds. The first kappa shape index (κ1) is 11.2. The summed E-state index contributed by atoms with van der Waals surface area (Å²) in [7, 11) is 0. The number of anilines is 1. The smallest absolute Gasteiger partial charge is 0.0728 e. The molecule has 16 heavy (non-hydrogen) atoms. The van der Waals surface area contributed by atoms with Crippen molar-refractivity contribution >= 4 is 29.0 Å². The maximum Gasteiger partial charge on any atom is 0.0728 e. The normalized spacial score (nSPS) is 13.6. The van der Waals surface area contributed by atoms with Gasteiger partial charge in [-0.3, -0.25) is 4.98 Å². The Balaban J connectivity index is 0.000000963. The highest BCUT2D eigenvalue weighted by Crippen LogP contribution is 2.33. The second-order valence-electron chi connectivity index (χ2n) is 4.27. The Morgan fingerprint density at radius 2 is 2.06 bits per heavy atom. The molecular weight excluding hydrogens is 220 g/mol. The van der Waals surface area contributed by atoms with Crippen molar-refractivity contribution in [2.24, 2.45) is 0 Å². The Kier molecular flexibility index (Phi) is 2.76. The van der Waals surface area contributed by atoms with Crippen LogP contribution in [0.4, 0.5) is 5.69 Å². The van der Waals surface area contributed by atoms with Crippen LogP contribution in [0, 0.1) is 6.92 Å². The molecule has 2 aromatic rings. The number of hydrogen-bond donors (Lipinski definition) is 1. The molecule has 0 spiro atoms. The number of benzene rings is 1. The second-order valence-corrected chi connectivity index (χ2v) is 4.27. The lowest BCUT2D eigenvalue weighted by atomic mass is 10.0. The minimum atomic E-state index is 0. The first-order valence-corrected chi connectivity index (χ1v) is 5.44. The molecule has 0 saturated heterocycles. The van der Waals surface area contributed by atoms with Crippen LogP contribution in [0.3, 0.4) is 0 Å². The van der Waals surface area contributed by atoms with Crippen molar-refractivity contribution in [2.75, 3.05) is 5.73 Å². The molecule has 1 aromatic carbocycles. The number of nitrogens with two attached hydrogens (primary N) is 1. The minimum Gasteiger partial charge on any atom is -0.398 e. The fraction of sp³-hybridized carbons (Fsp3) is 0.308. The SMILES string of the molecule is Cc1cccc2nc3c(c(N)c12)CCC3.Cl. The van der Waals surface area contributed by atoms with Gasteiger partial charge in [0.15, 0.2) is 0 Å². The molecule has 0 atom stereocenters. The van der Waals surface area contributed by atoms with E-state index < -0.39 is 0 Å². The molecule has 1 aliphatic carbocycles. The zero-order valence-electron chi connectivity index (χ0n) is 9.29. The van der Waals surface area contributed by atoms with Crippen molar-refractivity contribution < 1.29 is 0 Å². The van der Waals surface area contributed by atoms with Crippen LogP contribution in [-0.2, 0) is 12.8 Å². The number of hydrogen-bond acceptors (Lipinski definition) is 2. The summed E-state index contributed by atoms with van der Waals surface area (Å²) in [5, 5.41) is 1.15. The van der Waals surface area contributed by atoms with Gasteiger partial charge in [0, 0.05) is 16.8 Å². The van der Waals surface area contributed by atoms with E-state index in [-0.39, 0.29) is 12.4 Å². The molecule has 1 aromatic heterocycles. The number of aromatic nitrogens is 1. The second kappa shape index (κ2) is 3.95. The van der Waals surface area contributed by atoms with Crippen LogP contribution in [0.15, 0.2) is 18.2 Å².